The Bertz CT molecular complexity index is 1290. The van der Waals surface area contributed by atoms with E-state index in [1.54, 1.807) is 40.5 Å². The summed E-state index contributed by atoms with van der Waals surface area (Å²) in [5.41, 5.74) is 3.05. The van der Waals surface area contributed by atoms with E-state index in [4.69, 9.17) is 9.47 Å². The highest BCUT2D eigenvalue weighted by molar-refractivity contribution is 7.89. The molecule has 0 N–H and O–H groups in total. The molecule has 0 saturated heterocycles. The summed E-state index contributed by atoms with van der Waals surface area (Å²) in [6, 6.07) is 16.2. The molecule has 1 atom stereocenters. The van der Waals surface area contributed by atoms with Crippen molar-refractivity contribution in [2.45, 2.75) is 31.2 Å². The van der Waals surface area contributed by atoms with Crippen LogP contribution in [-0.4, -0.2) is 63.5 Å². The smallest absolute Gasteiger partial charge is 0.243 e. The molecule has 1 aromatic heterocycles. The molecule has 7 nitrogen and oxygen atoms in total. The quantitative estimate of drug-likeness (QED) is 0.394. The number of nitrogens with zero attached hydrogens (tertiary/aromatic N) is 2. The zero-order valence-corrected chi connectivity index (χ0v) is 22.5. The molecule has 0 spiro atoms. The number of fused-ring (bicyclic) bond motifs is 1. The van der Waals surface area contributed by atoms with Gasteiger partial charge in [0.1, 0.15) is 12.4 Å². The van der Waals surface area contributed by atoms with Crippen molar-refractivity contribution in [3.63, 3.8) is 0 Å². The summed E-state index contributed by atoms with van der Waals surface area (Å²) in [7, 11) is -2.36. The van der Waals surface area contributed by atoms with Crippen LogP contribution < -0.4 is 4.74 Å². The molecule has 1 amide bonds. The van der Waals surface area contributed by atoms with Crippen molar-refractivity contribution >= 4 is 27.3 Å². The van der Waals surface area contributed by atoms with E-state index in [-0.39, 0.29) is 36.5 Å². The Hall–Kier alpha value is -2.72. The molecule has 0 bridgehead atoms. The number of hydrogen-bond acceptors (Lipinski definition) is 6. The van der Waals surface area contributed by atoms with Crippen LogP contribution in [0.25, 0.3) is 0 Å². The largest absolute Gasteiger partial charge is 0.491 e. The van der Waals surface area contributed by atoms with Crippen LogP contribution in [0.5, 0.6) is 5.75 Å². The highest BCUT2D eigenvalue weighted by Gasteiger charge is 2.35. The third-order valence-electron chi connectivity index (χ3n) is 6.42. The van der Waals surface area contributed by atoms with Crippen LogP contribution in [0.15, 0.2) is 64.9 Å². The lowest BCUT2D eigenvalue weighted by Gasteiger charge is -2.37. The average Bonchev–Trinajstić information content (AvgIpc) is 3.35. The number of aryl methyl sites for hydroxylation is 2. The second-order valence-electron chi connectivity index (χ2n) is 8.87. The molecule has 1 unspecified atom stereocenters. The summed E-state index contributed by atoms with van der Waals surface area (Å²) in [4.78, 5) is 16.8. The summed E-state index contributed by atoms with van der Waals surface area (Å²) in [6.45, 7) is 4.70. The summed E-state index contributed by atoms with van der Waals surface area (Å²) in [6.07, 6.45) is 0.738. The van der Waals surface area contributed by atoms with Crippen LogP contribution in [0.2, 0.25) is 0 Å². The monoisotopic (exact) mass is 528 g/mol. The minimum Gasteiger partial charge on any atom is -0.491 e. The molecule has 4 rings (SSSR count). The van der Waals surface area contributed by atoms with Gasteiger partial charge in [0.15, 0.2) is 0 Å². The topological polar surface area (TPSA) is 76.2 Å². The van der Waals surface area contributed by atoms with Gasteiger partial charge in [0, 0.05) is 25.1 Å². The van der Waals surface area contributed by atoms with Crippen LogP contribution in [0.4, 0.5) is 0 Å². The molecule has 0 radical (unpaired) electrons. The van der Waals surface area contributed by atoms with Crippen LogP contribution >= 0.6 is 11.3 Å². The van der Waals surface area contributed by atoms with Crippen molar-refractivity contribution < 1.29 is 22.7 Å². The lowest BCUT2D eigenvalue weighted by atomic mass is 10.0. The van der Waals surface area contributed by atoms with Crippen molar-refractivity contribution in [3.05, 3.63) is 81.5 Å². The molecular weight excluding hydrogens is 496 g/mol. The summed E-state index contributed by atoms with van der Waals surface area (Å²) >= 11 is 1.68. The van der Waals surface area contributed by atoms with E-state index in [0.717, 1.165) is 28.9 Å². The normalized spacial score (nSPS) is 15.7. The third kappa shape index (κ3) is 5.81. The van der Waals surface area contributed by atoms with E-state index in [9.17, 15) is 13.2 Å². The zero-order valence-electron chi connectivity index (χ0n) is 20.8. The molecular formula is C27H32N2O5S2. The minimum atomic E-state index is -3.88. The van der Waals surface area contributed by atoms with E-state index < -0.39 is 10.0 Å². The molecule has 1 aliphatic rings. The Morgan fingerprint density at radius 2 is 1.86 bits per heavy atom. The van der Waals surface area contributed by atoms with Crippen molar-refractivity contribution in [2.75, 3.05) is 40.0 Å². The second kappa shape index (κ2) is 11.6. The van der Waals surface area contributed by atoms with Crippen LogP contribution in [-0.2, 0) is 26.0 Å². The standard InChI is InChI=1S/C27H32N2O5S2/c1-20-8-10-22(11-9-20)36(31,32)28(15-16-33-3)18-27(30)29-14-12-26-23(13-17-35-26)24(29)19-34-25-7-5-4-6-21(25)2/h4-11,13,17,24H,12,14-16,18-19H2,1-3H3. The SMILES string of the molecule is COCCN(CC(=O)N1CCc2sccc2C1COc1ccccc1C)S(=O)(=O)c1ccc(C)cc1. The van der Waals surface area contributed by atoms with E-state index in [2.05, 4.69) is 0 Å². The fourth-order valence-electron chi connectivity index (χ4n) is 4.34. The zero-order chi connectivity index (χ0) is 25.7. The van der Waals surface area contributed by atoms with Gasteiger partial charge >= 0.3 is 0 Å². The summed E-state index contributed by atoms with van der Waals surface area (Å²) in [5.74, 6) is 0.521. The fourth-order valence-corrected chi connectivity index (χ4v) is 6.64. The number of methoxy groups -OCH3 is 1. The van der Waals surface area contributed by atoms with Gasteiger partial charge in [-0.1, -0.05) is 35.9 Å². The minimum absolute atomic E-state index is 0.0837. The van der Waals surface area contributed by atoms with E-state index in [1.165, 1.54) is 16.3 Å². The highest BCUT2D eigenvalue weighted by Crippen LogP contribution is 2.34. The maximum absolute atomic E-state index is 13.7. The van der Waals surface area contributed by atoms with Crippen molar-refractivity contribution in [1.29, 1.82) is 0 Å². The number of benzene rings is 2. The van der Waals surface area contributed by atoms with Gasteiger partial charge in [-0.3, -0.25) is 4.79 Å². The number of hydrogen-bond donors (Lipinski definition) is 0. The lowest BCUT2D eigenvalue weighted by Crippen LogP contribution is -2.48. The van der Waals surface area contributed by atoms with E-state index in [1.807, 2.05) is 49.6 Å². The predicted octanol–water partition coefficient (Wildman–Crippen LogP) is 4.21. The van der Waals surface area contributed by atoms with Gasteiger partial charge in [0.25, 0.3) is 0 Å². The maximum atomic E-state index is 13.7. The molecule has 192 valence electrons. The molecule has 36 heavy (non-hydrogen) atoms. The first-order chi connectivity index (χ1) is 17.3. The van der Waals surface area contributed by atoms with E-state index in [0.29, 0.717) is 13.2 Å². The number of carbonyl (C=O) groups is 1. The number of rotatable bonds is 10. The first-order valence-corrected chi connectivity index (χ1v) is 14.2. The second-order valence-corrected chi connectivity index (χ2v) is 11.8. The number of amides is 1. The highest BCUT2D eigenvalue weighted by atomic mass is 32.2. The van der Waals surface area contributed by atoms with Crippen LogP contribution in [0.3, 0.4) is 0 Å². The molecule has 2 heterocycles. The molecule has 0 saturated carbocycles. The Kier molecular flexibility index (Phi) is 8.46. The fraction of sp³-hybridized carbons (Fsp3) is 0.370. The molecule has 0 fully saturated rings. The Morgan fingerprint density at radius 3 is 2.58 bits per heavy atom. The van der Waals surface area contributed by atoms with Gasteiger partial charge in [-0.15, -0.1) is 11.3 Å². The molecule has 1 aliphatic heterocycles. The van der Waals surface area contributed by atoms with Gasteiger partial charge < -0.3 is 14.4 Å². The molecule has 0 aliphatic carbocycles. The Labute approximate surface area is 217 Å². The third-order valence-corrected chi connectivity index (χ3v) is 9.28. The van der Waals surface area contributed by atoms with E-state index >= 15 is 0 Å². The van der Waals surface area contributed by atoms with Gasteiger partial charge in [-0.05, 0) is 61.0 Å². The van der Waals surface area contributed by atoms with Crippen LogP contribution in [0.1, 0.15) is 27.6 Å². The van der Waals surface area contributed by atoms with Gasteiger partial charge in [-0.25, -0.2) is 8.42 Å². The first-order valence-electron chi connectivity index (χ1n) is 11.9. The van der Waals surface area contributed by atoms with Crippen molar-refractivity contribution in [1.82, 2.24) is 9.21 Å². The number of thiophene rings is 1. The molecule has 3 aromatic rings. The average molecular weight is 529 g/mol. The number of ether oxygens (including phenoxy) is 2. The maximum Gasteiger partial charge on any atom is 0.243 e. The molecule has 2 aromatic carbocycles. The Morgan fingerprint density at radius 1 is 1.11 bits per heavy atom. The Balaban J connectivity index is 1.57. The summed E-state index contributed by atoms with van der Waals surface area (Å²) in [5, 5.41) is 2.03. The number of sulfonamides is 1. The molecule has 9 heteroatoms. The summed E-state index contributed by atoms with van der Waals surface area (Å²) < 4.78 is 39.4. The van der Waals surface area contributed by atoms with Crippen molar-refractivity contribution in [2.24, 2.45) is 0 Å². The first kappa shape index (κ1) is 26.3. The van der Waals surface area contributed by atoms with Gasteiger partial charge in [0.05, 0.1) is 24.1 Å². The number of carbonyl (C=O) groups excluding carboxylic acids is 1. The lowest BCUT2D eigenvalue weighted by molar-refractivity contribution is -0.135. The number of para-hydroxylation sites is 1. The van der Waals surface area contributed by atoms with Gasteiger partial charge in [-0.2, -0.15) is 4.31 Å². The van der Waals surface area contributed by atoms with Crippen molar-refractivity contribution in [3.8, 4) is 5.75 Å². The predicted molar refractivity (Wildman–Crippen MR) is 141 cm³/mol. The van der Waals surface area contributed by atoms with Crippen LogP contribution in [0, 0.1) is 13.8 Å². The van der Waals surface area contributed by atoms with Gasteiger partial charge in [0.2, 0.25) is 15.9 Å².